The van der Waals surface area contributed by atoms with Gasteiger partial charge in [-0.1, -0.05) is 41.9 Å². The average molecular weight is 368 g/mol. The third-order valence-electron chi connectivity index (χ3n) is 4.13. The smallest absolute Gasteiger partial charge is 0.139 e. The molecule has 23 heavy (non-hydrogen) atoms. The predicted molar refractivity (Wildman–Crippen MR) is 97.5 cm³/mol. The minimum Gasteiger partial charge on any atom is -0.338 e. The molecule has 3 rings (SSSR count). The van der Waals surface area contributed by atoms with Crippen LogP contribution >= 0.6 is 15.9 Å². The minimum atomic E-state index is 0.463. The fourth-order valence-corrected chi connectivity index (χ4v) is 3.55. The first-order chi connectivity index (χ1) is 10.9. The van der Waals surface area contributed by atoms with E-state index in [1.165, 1.54) is 5.56 Å². The Morgan fingerprint density at radius 3 is 2.57 bits per heavy atom. The summed E-state index contributed by atoms with van der Waals surface area (Å²) in [6, 6.07) is 10.7. The molecule has 0 aliphatic heterocycles. The molecule has 0 fully saturated rings. The number of aryl methyl sites for hydroxylation is 2. The molecule has 116 valence electrons. The van der Waals surface area contributed by atoms with E-state index in [0.29, 0.717) is 11.5 Å². The highest BCUT2D eigenvalue weighted by molar-refractivity contribution is 9.10. The maximum Gasteiger partial charge on any atom is 0.139 e. The van der Waals surface area contributed by atoms with Crippen LogP contribution in [0.4, 0.5) is 0 Å². The molecule has 1 N–H and O–H groups in total. The first-order valence-corrected chi connectivity index (χ1v) is 8.41. The first-order valence-electron chi connectivity index (χ1n) is 7.62. The van der Waals surface area contributed by atoms with E-state index >= 15 is 0 Å². The van der Waals surface area contributed by atoms with Crippen molar-refractivity contribution in [1.29, 1.82) is 5.26 Å². The second-order valence-corrected chi connectivity index (χ2v) is 7.04. The van der Waals surface area contributed by atoms with Crippen molar-refractivity contribution in [3.63, 3.8) is 0 Å². The van der Waals surface area contributed by atoms with Crippen molar-refractivity contribution in [1.82, 2.24) is 9.97 Å². The number of halogens is 1. The van der Waals surface area contributed by atoms with E-state index in [0.717, 1.165) is 38.0 Å². The molecule has 0 atom stereocenters. The van der Waals surface area contributed by atoms with Crippen LogP contribution in [0.2, 0.25) is 0 Å². The Morgan fingerprint density at radius 1 is 1.22 bits per heavy atom. The standard InChI is InChI=1S/C19H18BrN3/c1-10(2)13-5-6-14(16(20)8-13)18-15(9-21)17-11(3)7-12(4)22-19(17)23-18/h5-8,10H,1-4H3,(H,22,23). The molecular weight excluding hydrogens is 350 g/mol. The zero-order valence-corrected chi connectivity index (χ0v) is 15.2. The van der Waals surface area contributed by atoms with E-state index in [2.05, 4.69) is 64.0 Å². The second-order valence-electron chi connectivity index (χ2n) is 6.18. The lowest BCUT2D eigenvalue weighted by Gasteiger charge is -2.09. The molecule has 3 nitrogen and oxygen atoms in total. The monoisotopic (exact) mass is 367 g/mol. The van der Waals surface area contributed by atoms with Gasteiger partial charge in [0.25, 0.3) is 0 Å². The summed E-state index contributed by atoms with van der Waals surface area (Å²) in [6.07, 6.45) is 0. The molecule has 0 bridgehead atoms. The molecule has 0 spiro atoms. The number of aromatic nitrogens is 2. The van der Waals surface area contributed by atoms with Gasteiger partial charge in [-0.25, -0.2) is 4.98 Å². The Balaban J connectivity index is 2.29. The number of hydrogen-bond acceptors (Lipinski definition) is 2. The molecule has 4 heteroatoms. The predicted octanol–water partition coefficient (Wildman–Crippen LogP) is 5.60. The molecule has 0 unspecified atom stereocenters. The number of hydrogen-bond donors (Lipinski definition) is 1. The zero-order chi connectivity index (χ0) is 16.7. The Bertz CT molecular complexity index is 945. The average Bonchev–Trinajstić information content (AvgIpc) is 2.85. The summed E-state index contributed by atoms with van der Waals surface area (Å²) >= 11 is 3.66. The number of nitriles is 1. The zero-order valence-electron chi connectivity index (χ0n) is 13.7. The van der Waals surface area contributed by atoms with Gasteiger partial charge in [0, 0.05) is 21.1 Å². The largest absolute Gasteiger partial charge is 0.338 e. The van der Waals surface area contributed by atoms with Crippen molar-refractivity contribution < 1.29 is 0 Å². The van der Waals surface area contributed by atoms with Gasteiger partial charge >= 0.3 is 0 Å². The van der Waals surface area contributed by atoms with Gasteiger partial charge in [-0.2, -0.15) is 5.26 Å². The number of benzene rings is 1. The summed E-state index contributed by atoms with van der Waals surface area (Å²) in [5, 5.41) is 10.6. The summed E-state index contributed by atoms with van der Waals surface area (Å²) < 4.78 is 0.987. The topological polar surface area (TPSA) is 52.5 Å². The number of nitrogens with zero attached hydrogens (tertiary/aromatic N) is 2. The fourth-order valence-electron chi connectivity index (χ4n) is 2.96. The van der Waals surface area contributed by atoms with Gasteiger partial charge in [0.15, 0.2) is 0 Å². The van der Waals surface area contributed by atoms with Gasteiger partial charge in [0.05, 0.1) is 11.3 Å². The van der Waals surface area contributed by atoms with Gasteiger partial charge < -0.3 is 4.98 Å². The molecule has 3 aromatic rings. The third kappa shape index (κ3) is 2.66. The van der Waals surface area contributed by atoms with E-state index in [1.54, 1.807) is 0 Å². The lowest BCUT2D eigenvalue weighted by molar-refractivity contribution is 0.866. The van der Waals surface area contributed by atoms with Crippen LogP contribution in [0.25, 0.3) is 22.3 Å². The summed E-state index contributed by atoms with van der Waals surface area (Å²) in [5.74, 6) is 0.463. The van der Waals surface area contributed by atoms with Crippen LogP contribution in [0.1, 0.15) is 42.1 Å². The Hall–Kier alpha value is -2.12. The highest BCUT2D eigenvalue weighted by Gasteiger charge is 2.18. The van der Waals surface area contributed by atoms with Crippen LogP contribution in [0.5, 0.6) is 0 Å². The number of nitrogens with one attached hydrogen (secondary N) is 1. The Kier molecular flexibility index (Phi) is 3.99. The minimum absolute atomic E-state index is 0.463. The van der Waals surface area contributed by atoms with Gasteiger partial charge in [0.2, 0.25) is 0 Å². The van der Waals surface area contributed by atoms with Gasteiger partial charge in [-0.3, -0.25) is 0 Å². The molecular formula is C19H18BrN3. The Labute approximate surface area is 144 Å². The van der Waals surface area contributed by atoms with Crippen molar-refractivity contribution in [2.45, 2.75) is 33.6 Å². The van der Waals surface area contributed by atoms with E-state index < -0.39 is 0 Å². The SMILES string of the molecule is Cc1cc(C)c2c(C#N)c(-c3ccc(C(C)C)cc3Br)[nH]c2n1. The van der Waals surface area contributed by atoms with Crippen molar-refractivity contribution in [3.8, 4) is 17.3 Å². The lowest BCUT2D eigenvalue weighted by Crippen LogP contribution is -1.90. The molecule has 2 heterocycles. The quantitative estimate of drug-likeness (QED) is 0.640. The van der Waals surface area contributed by atoms with E-state index in [-0.39, 0.29) is 0 Å². The van der Waals surface area contributed by atoms with Crippen molar-refractivity contribution >= 4 is 27.0 Å². The Morgan fingerprint density at radius 2 is 1.96 bits per heavy atom. The second kappa shape index (κ2) is 5.82. The van der Waals surface area contributed by atoms with E-state index in [9.17, 15) is 5.26 Å². The van der Waals surface area contributed by atoms with Crippen LogP contribution in [-0.4, -0.2) is 9.97 Å². The number of H-pyrrole nitrogens is 1. The van der Waals surface area contributed by atoms with E-state index in [1.807, 2.05) is 19.9 Å². The third-order valence-corrected chi connectivity index (χ3v) is 4.79. The summed E-state index contributed by atoms with van der Waals surface area (Å²) in [7, 11) is 0. The molecule has 2 aromatic heterocycles. The normalized spacial score (nSPS) is 11.2. The van der Waals surface area contributed by atoms with Crippen LogP contribution in [-0.2, 0) is 0 Å². The number of rotatable bonds is 2. The first kappa shape index (κ1) is 15.8. The molecule has 0 aliphatic carbocycles. The maximum atomic E-state index is 9.68. The number of pyridine rings is 1. The molecule has 1 aromatic carbocycles. The van der Waals surface area contributed by atoms with Crippen molar-refractivity contribution in [3.05, 3.63) is 51.1 Å². The molecule has 0 saturated carbocycles. The highest BCUT2D eigenvalue weighted by atomic mass is 79.9. The summed E-state index contributed by atoms with van der Waals surface area (Å²) in [4.78, 5) is 7.88. The van der Waals surface area contributed by atoms with Crippen LogP contribution in [0, 0.1) is 25.2 Å². The van der Waals surface area contributed by atoms with Gasteiger partial charge in [-0.05, 0) is 43.0 Å². The lowest BCUT2D eigenvalue weighted by atomic mass is 9.99. The number of fused-ring (bicyclic) bond motifs is 1. The molecule has 0 amide bonds. The van der Waals surface area contributed by atoms with Crippen molar-refractivity contribution in [2.24, 2.45) is 0 Å². The summed E-state index contributed by atoms with van der Waals surface area (Å²) in [6.45, 7) is 8.32. The van der Waals surface area contributed by atoms with Gasteiger partial charge in [0.1, 0.15) is 11.7 Å². The van der Waals surface area contributed by atoms with Crippen LogP contribution in [0.3, 0.4) is 0 Å². The van der Waals surface area contributed by atoms with Gasteiger partial charge in [-0.15, -0.1) is 0 Å². The fraction of sp³-hybridized carbons (Fsp3) is 0.263. The maximum absolute atomic E-state index is 9.68. The molecule has 0 radical (unpaired) electrons. The molecule has 0 saturated heterocycles. The van der Waals surface area contributed by atoms with E-state index in [4.69, 9.17) is 0 Å². The highest BCUT2D eigenvalue weighted by Crippen LogP contribution is 2.36. The number of aromatic amines is 1. The van der Waals surface area contributed by atoms with Crippen LogP contribution < -0.4 is 0 Å². The van der Waals surface area contributed by atoms with Crippen molar-refractivity contribution in [2.75, 3.05) is 0 Å². The summed E-state index contributed by atoms with van der Waals surface area (Å²) in [5.41, 5.74) is 6.52. The van der Waals surface area contributed by atoms with Crippen LogP contribution in [0.15, 0.2) is 28.7 Å². The molecule has 0 aliphatic rings.